The zero-order chi connectivity index (χ0) is 16.8. The third kappa shape index (κ3) is 4.98. The van der Waals surface area contributed by atoms with Crippen molar-refractivity contribution in [3.8, 4) is 0 Å². The largest absolute Gasteiger partial charge is 0.358 e. The lowest BCUT2D eigenvalue weighted by Crippen LogP contribution is -2.37. The van der Waals surface area contributed by atoms with Gasteiger partial charge < -0.3 is 15.6 Å². The van der Waals surface area contributed by atoms with Gasteiger partial charge in [0.2, 0.25) is 0 Å². The molecule has 0 amide bonds. The first kappa shape index (κ1) is 19.3. The number of hydrogen-bond acceptors (Lipinski definition) is 1. The molecule has 1 aromatic heterocycles. The van der Waals surface area contributed by atoms with E-state index in [1.54, 1.807) is 7.05 Å². The van der Waals surface area contributed by atoms with E-state index in [2.05, 4.69) is 63.9 Å². The van der Waals surface area contributed by atoms with E-state index >= 15 is 0 Å². The summed E-state index contributed by atoms with van der Waals surface area (Å²) in [7, 11) is 1.80. The SMILES string of the molecule is CN=C(NCCc1c(C)[nH]c2ccccc12)NCc1ccccc1.I. The van der Waals surface area contributed by atoms with Gasteiger partial charge in [0.05, 0.1) is 0 Å². The van der Waals surface area contributed by atoms with Crippen molar-refractivity contribution in [2.75, 3.05) is 13.6 Å². The van der Waals surface area contributed by atoms with Crippen molar-refractivity contribution in [2.45, 2.75) is 19.9 Å². The van der Waals surface area contributed by atoms with Crippen LogP contribution in [-0.2, 0) is 13.0 Å². The molecule has 0 saturated heterocycles. The average Bonchev–Trinajstić information content (AvgIpc) is 2.94. The monoisotopic (exact) mass is 448 g/mol. The first-order chi connectivity index (χ1) is 11.8. The second-order valence-electron chi connectivity index (χ2n) is 5.86. The molecular formula is C20H25IN4. The number of aromatic nitrogens is 1. The van der Waals surface area contributed by atoms with Crippen molar-refractivity contribution < 1.29 is 0 Å². The number of H-pyrrole nitrogens is 1. The van der Waals surface area contributed by atoms with Crippen LogP contribution >= 0.6 is 24.0 Å². The van der Waals surface area contributed by atoms with E-state index in [9.17, 15) is 0 Å². The van der Waals surface area contributed by atoms with E-state index in [0.717, 1.165) is 25.5 Å². The van der Waals surface area contributed by atoms with Crippen molar-refractivity contribution in [3.63, 3.8) is 0 Å². The van der Waals surface area contributed by atoms with Crippen LogP contribution in [0.3, 0.4) is 0 Å². The number of nitrogens with zero attached hydrogens (tertiary/aromatic N) is 1. The number of halogens is 1. The lowest BCUT2D eigenvalue weighted by Gasteiger charge is -2.12. The summed E-state index contributed by atoms with van der Waals surface area (Å²) in [5, 5.41) is 8.05. The van der Waals surface area contributed by atoms with Gasteiger partial charge in [-0.25, -0.2) is 0 Å². The number of guanidine groups is 1. The maximum atomic E-state index is 4.29. The molecule has 0 unspecified atom stereocenters. The van der Waals surface area contributed by atoms with Gasteiger partial charge >= 0.3 is 0 Å². The molecule has 0 atom stereocenters. The van der Waals surface area contributed by atoms with E-state index in [0.29, 0.717) is 0 Å². The summed E-state index contributed by atoms with van der Waals surface area (Å²) in [6.45, 7) is 3.75. The van der Waals surface area contributed by atoms with Crippen LogP contribution in [0.5, 0.6) is 0 Å². The number of para-hydroxylation sites is 1. The fourth-order valence-electron chi connectivity index (χ4n) is 2.97. The lowest BCUT2D eigenvalue weighted by molar-refractivity contribution is 0.794. The Balaban J connectivity index is 0.00000225. The summed E-state index contributed by atoms with van der Waals surface area (Å²) < 4.78 is 0. The Morgan fingerprint density at radius 1 is 1.00 bits per heavy atom. The Bertz CT molecular complexity index is 824. The lowest BCUT2D eigenvalue weighted by atomic mass is 10.1. The van der Waals surface area contributed by atoms with Gasteiger partial charge in [-0.1, -0.05) is 48.5 Å². The summed E-state index contributed by atoms with van der Waals surface area (Å²) in [6, 6.07) is 18.8. The quantitative estimate of drug-likeness (QED) is 0.314. The van der Waals surface area contributed by atoms with Gasteiger partial charge in [-0.05, 0) is 30.5 Å². The van der Waals surface area contributed by atoms with Crippen LogP contribution in [0.1, 0.15) is 16.8 Å². The number of benzene rings is 2. The minimum absolute atomic E-state index is 0. The number of fused-ring (bicyclic) bond motifs is 1. The van der Waals surface area contributed by atoms with Crippen molar-refractivity contribution in [3.05, 3.63) is 71.4 Å². The third-order valence-corrected chi connectivity index (χ3v) is 4.22. The maximum Gasteiger partial charge on any atom is 0.191 e. The van der Waals surface area contributed by atoms with Crippen LogP contribution in [-0.4, -0.2) is 24.5 Å². The highest BCUT2D eigenvalue weighted by atomic mass is 127. The molecule has 0 saturated carbocycles. The molecule has 5 heteroatoms. The summed E-state index contributed by atoms with van der Waals surface area (Å²) in [5.74, 6) is 0.830. The second-order valence-corrected chi connectivity index (χ2v) is 5.86. The van der Waals surface area contributed by atoms with Crippen molar-refractivity contribution in [2.24, 2.45) is 4.99 Å². The van der Waals surface area contributed by atoms with Crippen molar-refractivity contribution in [1.29, 1.82) is 0 Å². The molecule has 25 heavy (non-hydrogen) atoms. The molecule has 0 radical (unpaired) electrons. The first-order valence-corrected chi connectivity index (χ1v) is 8.32. The number of rotatable bonds is 5. The number of hydrogen-bond donors (Lipinski definition) is 3. The predicted octanol–water partition coefficient (Wildman–Crippen LogP) is 4.00. The standard InChI is InChI=1S/C20H24N4.HI/c1-15-17(18-10-6-7-11-19(18)24-15)12-13-22-20(21-2)23-14-16-8-4-3-5-9-16;/h3-11,24H,12-14H2,1-2H3,(H2,21,22,23);1H. The van der Waals surface area contributed by atoms with Gasteiger partial charge in [0, 0.05) is 36.7 Å². The molecule has 0 aliphatic carbocycles. The van der Waals surface area contributed by atoms with Gasteiger partial charge in [-0.2, -0.15) is 0 Å². The smallest absolute Gasteiger partial charge is 0.191 e. The highest BCUT2D eigenvalue weighted by Crippen LogP contribution is 2.21. The molecule has 0 fully saturated rings. The fourth-order valence-corrected chi connectivity index (χ4v) is 2.97. The molecule has 3 N–H and O–H groups in total. The highest BCUT2D eigenvalue weighted by Gasteiger charge is 2.07. The third-order valence-electron chi connectivity index (χ3n) is 4.22. The molecule has 132 valence electrons. The molecule has 0 aliphatic rings. The Labute approximate surface area is 166 Å². The van der Waals surface area contributed by atoms with Crippen LogP contribution < -0.4 is 10.6 Å². The van der Waals surface area contributed by atoms with Crippen LogP contribution in [0, 0.1) is 6.92 Å². The Morgan fingerprint density at radius 2 is 1.72 bits per heavy atom. The molecule has 1 heterocycles. The molecule has 4 nitrogen and oxygen atoms in total. The fraction of sp³-hybridized carbons (Fsp3) is 0.250. The highest BCUT2D eigenvalue weighted by molar-refractivity contribution is 14.0. The van der Waals surface area contributed by atoms with Crippen molar-refractivity contribution >= 4 is 40.8 Å². The zero-order valence-corrected chi connectivity index (χ0v) is 17.0. The first-order valence-electron chi connectivity index (χ1n) is 8.32. The van der Waals surface area contributed by atoms with Crippen molar-refractivity contribution in [1.82, 2.24) is 15.6 Å². The van der Waals surface area contributed by atoms with Gasteiger partial charge in [0.25, 0.3) is 0 Å². The molecule has 3 rings (SSSR count). The second kappa shape index (κ2) is 9.46. The van der Waals surface area contributed by atoms with E-state index in [4.69, 9.17) is 0 Å². The molecular weight excluding hydrogens is 423 g/mol. The predicted molar refractivity (Wildman–Crippen MR) is 117 cm³/mol. The Hall–Kier alpha value is -2.02. The molecule has 0 aliphatic heterocycles. The number of nitrogens with one attached hydrogen (secondary N) is 3. The average molecular weight is 448 g/mol. The van der Waals surface area contributed by atoms with Crippen LogP contribution in [0.25, 0.3) is 10.9 Å². The van der Waals surface area contributed by atoms with E-state index in [1.807, 2.05) is 18.2 Å². The molecule has 3 aromatic rings. The topological polar surface area (TPSA) is 52.2 Å². The minimum Gasteiger partial charge on any atom is -0.358 e. The summed E-state index contributed by atoms with van der Waals surface area (Å²) >= 11 is 0. The maximum absolute atomic E-state index is 4.29. The van der Waals surface area contributed by atoms with Crippen LogP contribution in [0.15, 0.2) is 59.6 Å². The van der Waals surface area contributed by atoms with E-state index < -0.39 is 0 Å². The van der Waals surface area contributed by atoms with Crippen LogP contribution in [0.2, 0.25) is 0 Å². The molecule has 0 bridgehead atoms. The Morgan fingerprint density at radius 3 is 2.48 bits per heavy atom. The molecule has 2 aromatic carbocycles. The Kier molecular flexibility index (Phi) is 7.31. The van der Waals surface area contributed by atoms with E-state index in [-0.39, 0.29) is 24.0 Å². The van der Waals surface area contributed by atoms with Crippen LogP contribution in [0.4, 0.5) is 0 Å². The summed E-state index contributed by atoms with van der Waals surface area (Å²) in [4.78, 5) is 7.75. The number of aromatic amines is 1. The van der Waals surface area contributed by atoms with Gasteiger partial charge in [0.1, 0.15) is 0 Å². The normalized spacial score (nSPS) is 11.2. The van der Waals surface area contributed by atoms with Gasteiger partial charge in [-0.3, -0.25) is 4.99 Å². The summed E-state index contributed by atoms with van der Waals surface area (Å²) in [6.07, 6.45) is 0.960. The molecule has 0 spiro atoms. The number of aliphatic imine (C=N–C) groups is 1. The van der Waals surface area contributed by atoms with Gasteiger partial charge in [0.15, 0.2) is 5.96 Å². The van der Waals surface area contributed by atoms with E-state index in [1.165, 1.54) is 27.7 Å². The number of aryl methyl sites for hydroxylation is 1. The van der Waals surface area contributed by atoms with Gasteiger partial charge in [-0.15, -0.1) is 24.0 Å². The minimum atomic E-state index is 0. The summed E-state index contributed by atoms with van der Waals surface area (Å²) in [5.41, 5.74) is 5.06. The zero-order valence-electron chi connectivity index (χ0n) is 14.7.